The number of nitriles is 1. The third-order valence-electron chi connectivity index (χ3n) is 2.67. The van der Waals surface area contributed by atoms with Crippen LogP contribution >= 0.6 is 0 Å². The minimum absolute atomic E-state index is 0.588. The SMILES string of the molecule is N#Cc1ccc(-c2n[nH]c(-c3ccccn3)n2)cc1. The summed E-state index contributed by atoms with van der Waals surface area (Å²) in [6.45, 7) is 0. The zero-order valence-electron chi connectivity index (χ0n) is 9.91. The molecule has 0 unspecified atom stereocenters. The molecule has 3 rings (SSSR count). The van der Waals surface area contributed by atoms with Gasteiger partial charge in [-0.2, -0.15) is 10.4 Å². The third kappa shape index (κ3) is 2.19. The first-order valence-electron chi connectivity index (χ1n) is 5.71. The van der Waals surface area contributed by atoms with E-state index in [1.54, 1.807) is 18.3 Å². The third-order valence-corrected chi connectivity index (χ3v) is 2.67. The molecule has 90 valence electrons. The Bertz CT molecular complexity index is 723. The Labute approximate surface area is 109 Å². The lowest BCUT2D eigenvalue weighted by Gasteiger charge is -1.94. The first-order valence-corrected chi connectivity index (χ1v) is 5.71. The summed E-state index contributed by atoms with van der Waals surface area (Å²) in [5.41, 5.74) is 2.22. The Balaban J connectivity index is 1.95. The van der Waals surface area contributed by atoms with Crippen molar-refractivity contribution in [3.05, 3.63) is 54.2 Å². The molecule has 0 radical (unpaired) electrons. The summed E-state index contributed by atoms with van der Waals surface area (Å²) in [6, 6.07) is 14.8. The Morgan fingerprint density at radius 1 is 1.05 bits per heavy atom. The van der Waals surface area contributed by atoms with Crippen LogP contribution in [0.25, 0.3) is 22.9 Å². The molecule has 0 fully saturated rings. The number of benzene rings is 1. The summed E-state index contributed by atoms with van der Waals surface area (Å²) < 4.78 is 0. The van der Waals surface area contributed by atoms with E-state index in [9.17, 15) is 0 Å². The molecule has 2 aromatic heterocycles. The fraction of sp³-hybridized carbons (Fsp3) is 0. The molecule has 3 aromatic rings. The molecule has 19 heavy (non-hydrogen) atoms. The quantitative estimate of drug-likeness (QED) is 0.754. The van der Waals surface area contributed by atoms with Gasteiger partial charge >= 0.3 is 0 Å². The predicted molar refractivity (Wildman–Crippen MR) is 69.8 cm³/mol. The molecule has 2 heterocycles. The van der Waals surface area contributed by atoms with E-state index in [1.807, 2.05) is 30.3 Å². The highest BCUT2D eigenvalue weighted by atomic mass is 15.2. The summed E-state index contributed by atoms with van der Waals surface area (Å²) in [7, 11) is 0. The summed E-state index contributed by atoms with van der Waals surface area (Å²) in [5, 5.41) is 15.8. The van der Waals surface area contributed by atoms with Crippen LogP contribution in [0.1, 0.15) is 5.56 Å². The largest absolute Gasteiger partial charge is 0.257 e. The van der Waals surface area contributed by atoms with Gasteiger partial charge < -0.3 is 0 Å². The highest BCUT2D eigenvalue weighted by Crippen LogP contribution is 2.18. The molecule has 5 heteroatoms. The molecule has 0 aliphatic rings. The molecule has 0 bridgehead atoms. The van der Waals surface area contributed by atoms with Gasteiger partial charge in [0.25, 0.3) is 0 Å². The van der Waals surface area contributed by atoms with Crippen LogP contribution in [0.15, 0.2) is 48.7 Å². The van der Waals surface area contributed by atoms with E-state index < -0.39 is 0 Å². The van der Waals surface area contributed by atoms with Gasteiger partial charge in [-0.15, -0.1) is 0 Å². The van der Waals surface area contributed by atoms with Crippen LogP contribution in [0.5, 0.6) is 0 Å². The first kappa shape index (κ1) is 11.1. The monoisotopic (exact) mass is 247 g/mol. The molecule has 1 N–H and O–H groups in total. The Morgan fingerprint density at radius 2 is 1.89 bits per heavy atom. The van der Waals surface area contributed by atoms with Crippen molar-refractivity contribution < 1.29 is 0 Å². The van der Waals surface area contributed by atoms with Gasteiger partial charge in [0.2, 0.25) is 0 Å². The molecule has 1 aromatic carbocycles. The Morgan fingerprint density at radius 3 is 2.58 bits per heavy atom. The molecule has 0 saturated heterocycles. The normalized spacial score (nSPS) is 10.1. The second kappa shape index (κ2) is 4.70. The van der Waals surface area contributed by atoms with Crippen molar-refractivity contribution in [2.45, 2.75) is 0 Å². The molecule has 0 aliphatic carbocycles. The van der Waals surface area contributed by atoms with Gasteiger partial charge in [0, 0.05) is 11.8 Å². The van der Waals surface area contributed by atoms with Gasteiger partial charge in [0.05, 0.1) is 11.6 Å². The number of aromatic nitrogens is 4. The maximum Gasteiger partial charge on any atom is 0.181 e. The van der Waals surface area contributed by atoms with E-state index in [0.29, 0.717) is 17.2 Å². The number of hydrogen-bond donors (Lipinski definition) is 1. The lowest BCUT2D eigenvalue weighted by Crippen LogP contribution is -1.84. The van der Waals surface area contributed by atoms with Crippen LogP contribution in [-0.4, -0.2) is 20.2 Å². The van der Waals surface area contributed by atoms with E-state index in [0.717, 1.165) is 11.3 Å². The highest BCUT2D eigenvalue weighted by Gasteiger charge is 2.08. The van der Waals surface area contributed by atoms with Crippen molar-refractivity contribution in [1.29, 1.82) is 5.26 Å². The van der Waals surface area contributed by atoms with Gasteiger partial charge in [-0.05, 0) is 36.4 Å². The highest BCUT2D eigenvalue weighted by molar-refractivity contribution is 5.59. The molecule has 0 aliphatic heterocycles. The molecular weight excluding hydrogens is 238 g/mol. The van der Waals surface area contributed by atoms with Crippen LogP contribution in [0.4, 0.5) is 0 Å². The number of pyridine rings is 1. The van der Waals surface area contributed by atoms with Crippen molar-refractivity contribution in [3.8, 4) is 29.0 Å². The summed E-state index contributed by atoms with van der Waals surface area (Å²) in [6.07, 6.45) is 1.71. The maximum absolute atomic E-state index is 8.76. The van der Waals surface area contributed by atoms with E-state index in [1.165, 1.54) is 0 Å². The van der Waals surface area contributed by atoms with Gasteiger partial charge in [0.1, 0.15) is 5.69 Å². The van der Waals surface area contributed by atoms with Crippen molar-refractivity contribution in [1.82, 2.24) is 20.2 Å². The second-order valence-electron chi connectivity index (χ2n) is 3.91. The molecule has 0 saturated carbocycles. The number of aromatic amines is 1. The number of nitrogens with one attached hydrogen (secondary N) is 1. The summed E-state index contributed by atoms with van der Waals surface area (Å²) in [5.74, 6) is 1.21. The molecule has 0 atom stereocenters. The smallest absolute Gasteiger partial charge is 0.181 e. The number of hydrogen-bond acceptors (Lipinski definition) is 4. The van der Waals surface area contributed by atoms with Crippen molar-refractivity contribution >= 4 is 0 Å². The van der Waals surface area contributed by atoms with Gasteiger partial charge in [-0.3, -0.25) is 10.1 Å². The number of rotatable bonds is 2. The van der Waals surface area contributed by atoms with E-state index in [2.05, 4.69) is 26.2 Å². The van der Waals surface area contributed by atoms with Crippen LogP contribution in [0.2, 0.25) is 0 Å². The van der Waals surface area contributed by atoms with Crippen LogP contribution in [0, 0.1) is 11.3 Å². The van der Waals surface area contributed by atoms with Gasteiger partial charge in [0.15, 0.2) is 11.6 Å². The predicted octanol–water partition coefficient (Wildman–Crippen LogP) is 2.41. The van der Waals surface area contributed by atoms with Crippen molar-refractivity contribution in [2.24, 2.45) is 0 Å². The minimum Gasteiger partial charge on any atom is -0.257 e. The zero-order valence-corrected chi connectivity index (χ0v) is 9.91. The van der Waals surface area contributed by atoms with Crippen LogP contribution < -0.4 is 0 Å². The molecular formula is C14H9N5. The fourth-order valence-electron chi connectivity index (χ4n) is 1.70. The van der Waals surface area contributed by atoms with Crippen LogP contribution in [-0.2, 0) is 0 Å². The van der Waals surface area contributed by atoms with Gasteiger partial charge in [-0.25, -0.2) is 4.98 Å². The number of H-pyrrole nitrogens is 1. The molecule has 5 nitrogen and oxygen atoms in total. The summed E-state index contributed by atoms with van der Waals surface area (Å²) in [4.78, 5) is 8.60. The first-order chi connectivity index (χ1) is 9.36. The lowest BCUT2D eigenvalue weighted by atomic mass is 10.1. The summed E-state index contributed by atoms with van der Waals surface area (Å²) >= 11 is 0. The minimum atomic E-state index is 0.588. The average Bonchev–Trinajstić information content (AvgIpc) is 2.98. The average molecular weight is 247 g/mol. The number of nitrogens with zero attached hydrogens (tertiary/aromatic N) is 4. The Kier molecular flexibility index (Phi) is 2.75. The van der Waals surface area contributed by atoms with Gasteiger partial charge in [-0.1, -0.05) is 6.07 Å². The zero-order chi connectivity index (χ0) is 13.1. The van der Waals surface area contributed by atoms with E-state index in [-0.39, 0.29) is 0 Å². The lowest BCUT2D eigenvalue weighted by molar-refractivity contribution is 1.09. The second-order valence-corrected chi connectivity index (χ2v) is 3.91. The van der Waals surface area contributed by atoms with Crippen molar-refractivity contribution in [2.75, 3.05) is 0 Å². The topological polar surface area (TPSA) is 78.2 Å². The Hall–Kier alpha value is -3.00. The standard InChI is InChI=1S/C14H9N5/c15-9-10-4-6-11(7-5-10)13-17-14(19-18-13)12-3-1-2-8-16-12/h1-8H,(H,17,18,19). The fourth-order valence-corrected chi connectivity index (χ4v) is 1.70. The van der Waals surface area contributed by atoms with E-state index in [4.69, 9.17) is 5.26 Å². The maximum atomic E-state index is 8.76. The molecule has 0 spiro atoms. The van der Waals surface area contributed by atoms with Crippen LogP contribution in [0.3, 0.4) is 0 Å². The van der Waals surface area contributed by atoms with Crippen molar-refractivity contribution in [3.63, 3.8) is 0 Å². The van der Waals surface area contributed by atoms with E-state index >= 15 is 0 Å². The molecule has 0 amide bonds.